The third-order valence-corrected chi connectivity index (χ3v) is 4.03. The lowest BCUT2D eigenvalue weighted by Gasteiger charge is -2.34. The van der Waals surface area contributed by atoms with E-state index in [2.05, 4.69) is 20.9 Å². The first-order valence-corrected chi connectivity index (χ1v) is 7.56. The molecule has 2 aromatic heterocycles. The highest BCUT2D eigenvalue weighted by atomic mass is 32.1. The molecular formula is C14H16N4OS. The Bertz CT molecular complexity index is 550. The lowest BCUT2D eigenvalue weighted by Crippen LogP contribution is -2.48. The van der Waals surface area contributed by atoms with Crippen LogP contribution in [-0.2, 0) is 6.54 Å². The zero-order valence-electron chi connectivity index (χ0n) is 11.1. The van der Waals surface area contributed by atoms with Gasteiger partial charge in [0.1, 0.15) is 5.69 Å². The molecule has 0 unspecified atom stereocenters. The van der Waals surface area contributed by atoms with Crippen LogP contribution < -0.4 is 0 Å². The van der Waals surface area contributed by atoms with Gasteiger partial charge in [-0.1, -0.05) is 6.07 Å². The van der Waals surface area contributed by atoms with Gasteiger partial charge in [-0.3, -0.25) is 14.7 Å². The van der Waals surface area contributed by atoms with Crippen LogP contribution >= 0.6 is 11.3 Å². The average Bonchev–Trinajstić information content (AvgIpc) is 3.03. The first kappa shape index (κ1) is 13.2. The number of carbonyl (C=O) groups is 1. The van der Waals surface area contributed by atoms with Gasteiger partial charge in [-0.05, 0) is 11.6 Å². The number of amides is 1. The number of piperazine rings is 1. The maximum atomic E-state index is 12.2. The van der Waals surface area contributed by atoms with Crippen molar-refractivity contribution >= 4 is 17.2 Å². The van der Waals surface area contributed by atoms with Gasteiger partial charge in [-0.2, -0.15) is 0 Å². The number of thiazole rings is 1. The second-order valence-corrected chi connectivity index (χ2v) is 5.52. The lowest BCUT2D eigenvalue weighted by molar-refractivity contribution is 0.0623. The maximum absolute atomic E-state index is 12.2. The number of nitrogens with zero attached hydrogens (tertiary/aromatic N) is 4. The van der Waals surface area contributed by atoms with Gasteiger partial charge in [-0.15, -0.1) is 11.3 Å². The van der Waals surface area contributed by atoms with Crippen LogP contribution in [-0.4, -0.2) is 51.9 Å². The monoisotopic (exact) mass is 288 g/mol. The molecule has 2 aromatic rings. The van der Waals surface area contributed by atoms with Crippen LogP contribution in [0.1, 0.15) is 16.1 Å². The molecule has 0 bridgehead atoms. The van der Waals surface area contributed by atoms with Crippen molar-refractivity contribution in [3.63, 3.8) is 0 Å². The Labute approximate surface area is 121 Å². The third kappa shape index (κ3) is 3.02. The standard InChI is InChI=1S/C14H16N4OS/c19-14(13-10-20-11-16-13)18-6-4-17(5-7-18)9-12-2-1-3-15-8-12/h1-3,8,10-11H,4-7,9H2. The molecule has 0 radical (unpaired) electrons. The summed E-state index contributed by atoms with van der Waals surface area (Å²) in [6.45, 7) is 4.20. The van der Waals surface area contributed by atoms with Crippen LogP contribution in [0.25, 0.3) is 0 Å². The van der Waals surface area contributed by atoms with Crippen LogP contribution in [0, 0.1) is 0 Å². The van der Waals surface area contributed by atoms with E-state index >= 15 is 0 Å². The van der Waals surface area contributed by atoms with Crippen molar-refractivity contribution < 1.29 is 4.79 Å². The molecule has 1 amide bonds. The van der Waals surface area contributed by atoms with Gasteiger partial charge < -0.3 is 4.90 Å². The van der Waals surface area contributed by atoms with E-state index in [9.17, 15) is 4.79 Å². The van der Waals surface area contributed by atoms with Gasteiger partial charge >= 0.3 is 0 Å². The summed E-state index contributed by atoms with van der Waals surface area (Å²) in [5.41, 5.74) is 3.48. The summed E-state index contributed by atoms with van der Waals surface area (Å²) < 4.78 is 0. The third-order valence-electron chi connectivity index (χ3n) is 3.44. The molecule has 0 aromatic carbocycles. The maximum Gasteiger partial charge on any atom is 0.273 e. The van der Waals surface area contributed by atoms with E-state index in [1.54, 1.807) is 11.7 Å². The summed E-state index contributed by atoms with van der Waals surface area (Å²) in [6, 6.07) is 4.04. The van der Waals surface area contributed by atoms with Crippen molar-refractivity contribution in [3.05, 3.63) is 46.7 Å². The zero-order valence-corrected chi connectivity index (χ0v) is 11.9. The minimum absolute atomic E-state index is 0.0484. The van der Waals surface area contributed by atoms with Gasteiger partial charge in [-0.25, -0.2) is 4.98 Å². The Hall–Kier alpha value is -1.79. The van der Waals surface area contributed by atoms with Crippen molar-refractivity contribution in [1.82, 2.24) is 19.8 Å². The minimum atomic E-state index is 0.0484. The van der Waals surface area contributed by atoms with E-state index in [1.807, 2.05) is 22.5 Å². The molecule has 20 heavy (non-hydrogen) atoms. The zero-order chi connectivity index (χ0) is 13.8. The SMILES string of the molecule is O=C(c1cscn1)N1CCN(Cc2cccnc2)CC1. The van der Waals surface area contributed by atoms with E-state index in [-0.39, 0.29) is 5.91 Å². The van der Waals surface area contributed by atoms with Gasteiger partial charge in [0.05, 0.1) is 5.51 Å². The number of carbonyl (C=O) groups excluding carboxylic acids is 1. The molecule has 3 rings (SSSR count). The smallest absolute Gasteiger partial charge is 0.273 e. The highest BCUT2D eigenvalue weighted by molar-refractivity contribution is 7.07. The first-order chi connectivity index (χ1) is 9.83. The normalized spacial score (nSPS) is 16.3. The Balaban J connectivity index is 1.53. The predicted molar refractivity (Wildman–Crippen MR) is 77.5 cm³/mol. The fourth-order valence-electron chi connectivity index (χ4n) is 2.34. The summed E-state index contributed by atoms with van der Waals surface area (Å²) in [5.74, 6) is 0.0484. The van der Waals surface area contributed by atoms with Crippen LogP contribution in [0.5, 0.6) is 0 Å². The molecule has 0 atom stereocenters. The lowest BCUT2D eigenvalue weighted by atomic mass is 10.2. The van der Waals surface area contributed by atoms with E-state index in [0.717, 1.165) is 32.7 Å². The Morgan fingerprint density at radius 3 is 2.80 bits per heavy atom. The van der Waals surface area contributed by atoms with Crippen LogP contribution in [0.3, 0.4) is 0 Å². The molecule has 0 aliphatic carbocycles. The van der Waals surface area contributed by atoms with Crippen molar-refractivity contribution in [2.24, 2.45) is 0 Å². The molecule has 0 saturated carbocycles. The van der Waals surface area contributed by atoms with Crippen LogP contribution in [0.4, 0.5) is 0 Å². The molecule has 3 heterocycles. The van der Waals surface area contributed by atoms with Crippen molar-refractivity contribution in [2.45, 2.75) is 6.54 Å². The molecule has 0 spiro atoms. The summed E-state index contributed by atoms with van der Waals surface area (Å²) in [6.07, 6.45) is 3.68. The Morgan fingerprint density at radius 1 is 1.30 bits per heavy atom. The highest BCUT2D eigenvalue weighted by Gasteiger charge is 2.23. The Morgan fingerprint density at radius 2 is 2.15 bits per heavy atom. The van der Waals surface area contributed by atoms with Gasteiger partial charge in [0.15, 0.2) is 0 Å². The molecule has 104 valence electrons. The molecule has 0 N–H and O–H groups in total. The Kier molecular flexibility index (Phi) is 4.03. The van der Waals surface area contributed by atoms with Gasteiger partial charge in [0.25, 0.3) is 5.91 Å². The number of aromatic nitrogens is 2. The summed E-state index contributed by atoms with van der Waals surface area (Å²) >= 11 is 1.46. The summed E-state index contributed by atoms with van der Waals surface area (Å²) in [7, 11) is 0. The van der Waals surface area contributed by atoms with Crippen molar-refractivity contribution in [2.75, 3.05) is 26.2 Å². The molecule has 1 fully saturated rings. The molecule has 5 nitrogen and oxygen atoms in total. The predicted octanol–water partition coefficient (Wildman–Crippen LogP) is 1.50. The summed E-state index contributed by atoms with van der Waals surface area (Å²) in [5, 5.41) is 1.81. The largest absolute Gasteiger partial charge is 0.335 e. The van der Waals surface area contributed by atoms with Crippen molar-refractivity contribution in [1.29, 1.82) is 0 Å². The topological polar surface area (TPSA) is 49.3 Å². The number of pyridine rings is 1. The number of hydrogen-bond donors (Lipinski definition) is 0. The van der Waals surface area contributed by atoms with Crippen LogP contribution in [0.15, 0.2) is 35.4 Å². The molecule has 1 aliphatic rings. The van der Waals surface area contributed by atoms with E-state index < -0.39 is 0 Å². The quantitative estimate of drug-likeness (QED) is 0.859. The van der Waals surface area contributed by atoms with Crippen LogP contribution in [0.2, 0.25) is 0 Å². The molecule has 1 saturated heterocycles. The number of rotatable bonds is 3. The van der Waals surface area contributed by atoms with E-state index in [4.69, 9.17) is 0 Å². The fraction of sp³-hybridized carbons (Fsp3) is 0.357. The van der Waals surface area contributed by atoms with Crippen molar-refractivity contribution in [3.8, 4) is 0 Å². The fourth-order valence-corrected chi connectivity index (χ4v) is 2.86. The van der Waals surface area contributed by atoms with E-state index in [0.29, 0.717) is 5.69 Å². The molecular weight excluding hydrogens is 272 g/mol. The summed E-state index contributed by atoms with van der Waals surface area (Å²) in [4.78, 5) is 24.6. The second-order valence-electron chi connectivity index (χ2n) is 4.80. The minimum Gasteiger partial charge on any atom is -0.335 e. The highest BCUT2D eigenvalue weighted by Crippen LogP contribution is 2.11. The number of hydrogen-bond acceptors (Lipinski definition) is 5. The van der Waals surface area contributed by atoms with Gasteiger partial charge in [0, 0.05) is 50.5 Å². The second kappa shape index (κ2) is 6.11. The van der Waals surface area contributed by atoms with E-state index in [1.165, 1.54) is 16.9 Å². The van der Waals surface area contributed by atoms with Gasteiger partial charge in [0.2, 0.25) is 0 Å². The first-order valence-electron chi connectivity index (χ1n) is 6.61. The molecule has 6 heteroatoms. The average molecular weight is 288 g/mol. The molecule has 1 aliphatic heterocycles.